The van der Waals surface area contributed by atoms with Gasteiger partial charge in [0, 0.05) is 48.1 Å². The Hall–Kier alpha value is -2.60. The molecule has 6 heteroatoms. The van der Waals surface area contributed by atoms with E-state index in [2.05, 4.69) is 23.4 Å². The zero-order valence-corrected chi connectivity index (χ0v) is 18.0. The van der Waals surface area contributed by atoms with Crippen LogP contribution < -0.4 is 16.8 Å². The first-order valence-electron chi connectivity index (χ1n) is 9.38. The van der Waals surface area contributed by atoms with Gasteiger partial charge >= 0.3 is 0 Å². The van der Waals surface area contributed by atoms with Crippen LogP contribution in [0.2, 0.25) is 0 Å². The third-order valence-electron chi connectivity index (χ3n) is 5.35. The fraction of sp³-hybridized carbons (Fsp3) is 0.455. The lowest BCUT2D eigenvalue weighted by molar-refractivity contribution is -0.117. The monoisotopic (exact) mass is 386 g/mol. The zero-order valence-electron chi connectivity index (χ0n) is 18.0. The Kier molecular flexibility index (Phi) is 8.00. The standard InChI is InChI=1S/C22H34N4O2/c1-12(2)14(5)15(6)19(16(7)21(24)27)11-26-10-18(9-23)20(17(26)8)22(28)25-13(3)4/h18H,3,7,9-11,23H2,1-2,4-6,8H3,(H2,24,27)(H,25,28)/b19-15-. The number of nitrogens with one attached hydrogen (secondary N) is 1. The van der Waals surface area contributed by atoms with Crippen LogP contribution >= 0.6 is 0 Å². The van der Waals surface area contributed by atoms with Gasteiger partial charge in [-0.05, 0) is 58.3 Å². The fourth-order valence-corrected chi connectivity index (χ4v) is 3.33. The van der Waals surface area contributed by atoms with Crippen LogP contribution in [0, 0.1) is 5.92 Å². The molecule has 1 heterocycles. The van der Waals surface area contributed by atoms with Gasteiger partial charge in [0.2, 0.25) is 5.91 Å². The number of rotatable bonds is 8. The van der Waals surface area contributed by atoms with Crippen molar-refractivity contribution in [3.05, 3.63) is 58.0 Å². The summed E-state index contributed by atoms with van der Waals surface area (Å²) < 4.78 is 0. The van der Waals surface area contributed by atoms with Crippen molar-refractivity contribution in [1.29, 1.82) is 0 Å². The summed E-state index contributed by atoms with van der Waals surface area (Å²) in [6, 6.07) is 0. The molecule has 0 aliphatic carbocycles. The minimum atomic E-state index is -0.549. The highest BCUT2D eigenvalue weighted by Crippen LogP contribution is 2.31. The lowest BCUT2D eigenvalue weighted by Crippen LogP contribution is -2.31. The minimum Gasteiger partial charge on any atom is -0.370 e. The average molecular weight is 387 g/mol. The summed E-state index contributed by atoms with van der Waals surface area (Å²) in [5, 5.41) is 2.77. The molecule has 1 aliphatic heterocycles. The van der Waals surface area contributed by atoms with Gasteiger partial charge < -0.3 is 21.7 Å². The summed E-state index contributed by atoms with van der Waals surface area (Å²) in [4.78, 5) is 26.5. The molecule has 154 valence electrons. The van der Waals surface area contributed by atoms with Crippen LogP contribution in [0.4, 0.5) is 0 Å². The molecule has 1 unspecified atom stereocenters. The molecule has 0 saturated carbocycles. The Morgan fingerprint density at radius 1 is 1.14 bits per heavy atom. The van der Waals surface area contributed by atoms with Crippen LogP contribution in [0.5, 0.6) is 0 Å². The van der Waals surface area contributed by atoms with Gasteiger partial charge in [-0.1, -0.05) is 18.7 Å². The topological polar surface area (TPSA) is 101 Å². The van der Waals surface area contributed by atoms with Crippen LogP contribution in [-0.4, -0.2) is 36.3 Å². The number of carbonyl (C=O) groups is 2. The molecule has 1 atom stereocenters. The minimum absolute atomic E-state index is 0.0905. The number of amides is 2. The fourth-order valence-electron chi connectivity index (χ4n) is 3.33. The second-order valence-corrected chi connectivity index (χ2v) is 7.62. The third kappa shape index (κ3) is 5.23. The normalized spacial score (nSPS) is 17.2. The van der Waals surface area contributed by atoms with E-state index >= 15 is 0 Å². The second-order valence-electron chi connectivity index (χ2n) is 7.62. The summed E-state index contributed by atoms with van der Waals surface area (Å²) >= 11 is 0. The van der Waals surface area contributed by atoms with E-state index in [1.54, 1.807) is 6.92 Å². The maximum absolute atomic E-state index is 12.6. The zero-order chi connectivity index (χ0) is 21.8. The van der Waals surface area contributed by atoms with Gasteiger partial charge in [0.15, 0.2) is 0 Å². The van der Waals surface area contributed by atoms with Gasteiger partial charge in [0.05, 0.1) is 0 Å². The van der Waals surface area contributed by atoms with E-state index in [0.717, 1.165) is 28.0 Å². The quantitative estimate of drug-likeness (QED) is 0.441. The first-order chi connectivity index (χ1) is 12.9. The molecule has 1 aliphatic rings. The van der Waals surface area contributed by atoms with Crippen molar-refractivity contribution in [3.8, 4) is 0 Å². The Labute approximate surface area is 168 Å². The molecule has 0 fully saturated rings. The lowest BCUT2D eigenvalue weighted by atomic mass is 9.94. The van der Waals surface area contributed by atoms with E-state index in [1.165, 1.54) is 0 Å². The predicted octanol–water partition coefficient (Wildman–Crippen LogP) is 2.51. The van der Waals surface area contributed by atoms with Crippen LogP contribution in [0.15, 0.2) is 58.0 Å². The number of allylic oxidation sites excluding steroid dienone is 5. The number of primary amides is 1. The van der Waals surface area contributed by atoms with Crippen molar-refractivity contribution >= 4 is 11.8 Å². The third-order valence-corrected chi connectivity index (χ3v) is 5.35. The predicted molar refractivity (Wildman–Crippen MR) is 115 cm³/mol. The molecule has 5 N–H and O–H groups in total. The SMILES string of the molecule is C=C(C)NC(=O)C1=C(C)N(C/C(C(=C)C(N)=O)=C(\C)C(C)=C(C)C)CC1CN. The summed E-state index contributed by atoms with van der Waals surface area (Å²) in [7, 11) is 0. The molecule has 1 rings (SSSR count). The number of nitrogens with two attached hydrogens (primary N) is 2. The molecule has 6 nitrogen and oxygen atoms in total. The van der Waals surface area contributed by atoms with E-state index in [0.29, 0.717) is 30.9 Å². The average Bonchev–Trinajstić information content (AvgIpc) is 2.92. The van der Waals surface area contributed by atoms with Crippen LogP contribution in [-0.2, 0) is 9.59 Å². The Balaban J connectivity index is 3.38. The molecule has 0 bridgehead atoms. The molecule has 0 aromatic heterocycles. The van der Waals surface area contributed by atoms with Crippen LogP contribution in [0.25, 0.3) is 0 Å². The Morgan fingerprint density at radius 2 is 1.71 bits per heavy atom. The summed E-state index contributed by atoms with van der Waals surface area (Å²) in [6.07, 6.45) is 0. The highest BCUT2D eigenvalue weighted by atomic mass is 16.2. The van der Waals surface area contributed by atoms with E-state index in [9.17, 15) is 9.59 Å². The Morgan fingerprint density at radius 3 is 2.14 bits per heavy atom. The molecular weight excluding hydrogens is 352 g/mol. The van der Waals surface area contributed by atoms with E-state index < -0.39 is 5.91 Å². The smallest absolute Gasteiger partial charge is 0.253 e. The molecule has 28 heavy (non-hydrogen) atoms. The van der Waals surface area contributed by atoms with Gasteiger partial charge in [-0.2, -0.15) is 0 Å². The maximum Gasteiger partial charge on any atom is 0.253 e. The molecular formula is C22H34N4O2. The van der Waals surface area contributed by atoms with Gasteiger partial charge in [-0.25, -0.2) is 0 Å². The molecule has 0 saturated heterocycles. The maximum atomic E-state index is 12.6. The summed E-state index contributed by atoms with van der Waals surface area (Å²) in [5.41, 5.74) is 17.8. The Bertz CT molecular complexity index is 795. The summed E-state index contributed by atoms with van der Waals surface area (Å²) in [5.74, 6) is -0.820. The largest absolute Gasteiger partial charge is 0.370 e. The van der Waals surface area contributed by atoms with Crippen molar-refractivity contribution in [1.82, 2.24) is 10.2 Å². The first-order valence-corrected chi connectivity index (χ1v) is 9.38. The van der Waals surface area contributed by atoms with Crippen LogP contribution in [0.1, 0.15) is 41.5 Å². The number of hydrogen-bond acceptors (Lipinski definition) is 4. The molecule has 0 aromatic rings. The summed E-state index contributed by atoms with van der Waals surface area (Å²) in [6.45, 7) is 20.7. The van der Waals surface area contributed by atoms with Gasteiger partial charge in [-0.15, -0.1) is 0 Å². The lowest BCUT2D eigenvalue weighted by Gasteiger charge is -2.25. The van der Waals surface area contributed by atoms with Crippen molar-refractivity contribution in [2.75, 3.05) is 19.6 Å². The highest BCUT2D eigenvalue weighted by Gasteiger charge is 2.33. The number of hydrogen-bond donors (Lipinski definition) is 3. The highest BCUT2D eigenvalue weighted by molar-refractivity contribution is 5.97. The number of carbonyl (C=O) groups excluding carboxylic acids is 2. The van der Waals surface area contributed by atoms with Crippen molar-refractivity contribution in [2.24, 2.45) is 17.4 Å². The molecule has 0 spiro atoms. The van der Waals surface area contributed by atoms with Crippen molar-refractivity contribution in [2.45, 2.75) is 41.5 Å². The molecule has 2 amide bonds. The van der Waals surface area contributed by atoms with Crippen molar-refractivity contribution < 1.29 is 9.59 Å². The van der Waals surface area contributed by atoms with Gasteiger partial charge in [0.25, 0.3) is 5.91 Å². The molecule has 0 aromatic carbocycles. The van der Waals surface area contributed by atoms with E-state index in [1.807, 2.05) is 34.6 Å². The van der Waals surface area contributed by atoms with E-state index in [4.69, 9.17) is 11.5 Å². The van der Waals surface area contributed by atoms with Crippen LogP contribution in [0.3, 0.4) is 0 Å². The van der Waals surface area contributed by atoms with Crippen molar-refractivity contribution in [3.63, 3.8) is 0 Å². The molecule has 0 radical (unpaired) electrons. The van der Waals surface area contributed by atoms with E-state index in [-0.39, 0.29) is 17.4 Å². The second kappa shape index (κ2) is 9.55. The van der Waals surface area contributed by atoms with Gasteiger partial charge in [0.1, 0.15) is 0 Å². The van der Waals surface area contributed by atoms with Gasteiger partial charge in [-0.3, -0.25) is 9.59 Å². The first kappa shape index (κ1) is 23.4. The number of nitrogens with zero attached hydrogens (tertiary/aromatic N) is 1.